The average Bonchev–Trinajstić information content (AvgIpc) is 1.97. The largest absolute Gasteiger partial charge is 0.380 e. The first kappa shape index (κ1) is 10.7. The van der Waals surface area contributed by atoms with Gasteiger partial charge in [0.2, 0.25) is 0 Å². The molecule has 0 bridgehead atoms. The van der Waals surface area contributed by atoms with E-state index in [1.54, 1.807) is 7.11 Å². The number of hydrogen-bond donors (Lipinski definition) is 1. The van der Waals surface area contributed by atoms with Gasteiger partial charge in [0, 0.05) is 7.11 Å². The monoisotopic (exact) mass is 157 g/mol. The third-order valence-electron chi connectivity index (χ3n) is 1.71. The third-order valence-corrected chi connectivity index (χ3v) is 1.71. The normalized spacial score (nSPS) is 9.82. The number of nitrogens with two attached hydrogens (primary N) is 1. The van der Waals surface area contributed by atoms with Gasteiger partial charge in [0.25, 0.3) is 0 Å². The number of hydrogen-bond acceptors (Lipinski definition) is 2. The second-order valence-electron chi connectivity index (χ2n) is 2.93. The molecule has 0 rings (SSSR count). The van der Waals surface area contributed by atoms with Crippen LogP contribution in [0.2, 0.25) is 0 Å². The second kappa shape index (κ2) is 6.38. The molecule has 0 aromatic rings. The van der Waals surface area contributed by atoms with Crippen LogP contribution >= 0.6 is 0 Å². The highest BCUT2D eigenvalue weighted by atomic mass is 16.5. The summed E-state index contributed by atoms with van der Waals surface area (Å²) in [6, 6.07) is 0. The molecule has 0 aliphatic rings. The van der Waals surface area contributed by atoms with Crippen LogP contribution in [0.1, 0.15) is 26.7 Å². The summed E-state index contributed by atoms with van der Waals surface area (Å²) in [5.41, 5.74) is 8.16. The number of methoxy groups -OCH3 is 1. The molecule has 2 nitrogen and oxygen atoms in total. The molecule has 0 aliphatic heterocycles. The predicted octanol–water partition coefficient (Wildman–Crippen LogP) is 1.71. The fourth-order valence-electron chi connectivity index (χ4n) is 0.956. The van der Waals surface area contributed by atoms with E-state index in [4.69, 9.17) is 10.5 Å². The quantitative estimate of drug-likeness (QED) is 0.616. The molecular formula is C9H19NO. The van der Waals surface area contributed by atoms with Crippen molar-refractivity contribution >= 4 is 0 Å². The minimum absolute atomic E-state index is 0.752. The fourth-order valence-corrected chi connectivity index (χ4v) is 0.956. The van der Waals surface area contributed by atoms with Crippen LogP contribution in [-0.2, 0) is 4.74 Å². The summed E-state index contributed by atoms with van der Waals surface area (Å²) in [7, 11) is 1.73. The summed E-state index contributed by atoms with van der Waals surface area (Å²) >= 11 is 0. The Kier molecular flexibility index (Phi) is 6.18. The van der Waals surface area contributed by atoms with Gasteiger partial charge in [-0.25, -0.2) is 0 Å². The van der Waals surface area contributed by atoms with Crippen molar-refractivity contribution < 1.29 is 4.74 Å². The van der Waals surface area contributed by atoms with Crippen LogP contribution in [0.3, 0.4) is 0 Å². The van der Waals surface area contributed by atoms with Crippen LogP contribution in [0.4, 0.5) is 0 Å². The van der Waals surface area contributed by atoms with E-state index in [1.807, 2.05) is 0 Å². The number of ether oxygens (including phenoxy) is 1. The van der Waals surface area contributed by atoms with Crippen molar-refractivity contribution in [1.29, 1.82) is 0 Å². The van der Waals surface area contributed by atoms with Gasteiger partial charge in [-0.1, -0.05) is 5.57 Å². The third kappa shape index (κ3) is 4.99. The zero-order valence-electron chi connectivity index (χ0n) is 7.81. The standard InChI is InChI=1S/C9H19NO/c1-8(2)9(7-11-3)5-4-6-10/h4-7,10H2,1-3H3. The van der Waals surface area contributed by atoms with Gasteiger partial charge in [-0.15, -0.1) is 0 Å². The molecule has 0 fully saturated rings. The van der Waals surface area contributed by atoms with E-state index < -0.39 is 0 Å². The van der Waals surface area contributed by atoms with E-state index in [0.29, 0.717) is 0 Å². The summed E-state index contributed by atoms with van der Waals surface area (Å²) in [6.07, 6.45) is 2.14. The maximum atomic E-state index is 5.41. The molecule has 0 saturated carbocycles. The first-order chi connectivity index (χ1) is 5.22. The summed E-state index contributed by atoms with van der Waals surface area (Å²) in [6.45, 7) is 5.75. The molecule has 11 heavy (non-hydrogen) atoms. The molecule has 0 amide bonds. The Balaban J connectivity index is 3.81. The van der Waals surface area contributed by atoms with Crippen LogP contribution in [0.5, 0.6) is 0 Å². The highest BCUT2D eigenvalue weighted by Crippen LogP contribution is 2.10. The fraction of sp³-hybridized carbons (Fsp3) is 0.778. The molecular weight excluding hydrogens is 138 g/mol. The zero-order valence-corrected chi connectivity index (χ0v) is 7.81. The van der Waals surface area contributed by atoms with Crippen molar-refractivity contribution in [2.75, 3.05) is 20.3 Å². The van der Waals surface area contributed by atoms with Crippen molar-refractivity contribution in [1.82, 2.24) is 0 Å². The minimum atomic E-state index is 0.752. The molecule has 0 radical (unpaired) electrons. The Morgan fingerprint density at radius 3 is 2.36 bits per heavy atom. The SMILES string of the molecule is COCC(CCCN)=C(C)C. The minimum Gasteiger partial charge on any atom is -0.380 e. The van der Waals surface area contributed by atoms with Crippen molar-refractivity contribution in [3.63, 3.8) is 0 Å². The van der Waals surface area contributed by atoms with E-state index in [1.165, 1.54) is 11.1 Å². The summed E-state index contributed by atoms with van der Waals surface area (Å²) in [4.78, 5) is 0. The van der Waals surface area contributed by atoms with E-state index in [9.17, 15) is 0 Å². The van der Waals surface area contributed by atoms with Gasteiger partial charge in [-0.3, -0.25) is 0 Å². The van der Waals surface area contributed by atoms with Gasteiger partial charge in [0.15, 0.2) is 0 Å². The van der Waals surface area contributed by atoms with Crippen molar-refractivity contribution in [2.24, 2.45) is 5.73 Å². The summed E-state index contributed by atoms with van der Waals surface area (Å²) in [5, 5.41) is 0. The first-order valence-corrected chi connectivity index (χ1v) is 4.06. The highest BCUT2D eigenvalue weighted by molar-refractivity contribution is 5.10. The Hall–Kier alpha value is -0.340. The van der Waals surface area contributed by atoms with E-state index in [0.717, 1.165) is 26.0 Å². The molecule has 2 N–H and O–H groups in total. The summed E-state index contributed by atoms with van der Waals surface area (Å²) in [5.74, 6) is 0. The van der Waals surface area contributed by atoms with Gasteiger partial charge >= 0.3 is 0 Å². The second-order valence-corrected chi connectivity index (χ2v) is 2.93. The topological polar surface area (TPSA) is 35.2 Å². The Labute approximate surface area is 69.4 Å². The van der Waals surface area contributed by atoms with Gasteiger partial charge in [0.05, 0.1) is 6.61 Å². The lowest BCUT2D eigenvalue weighted by Crippen LogP contribution is -2.02. The molecule has 0 saturated heterocycles. The Morgan fingerprint density at radius 2 is 2.00 bits per heavy atom. The number of rotatable bonds is 5. The smallest absolute Gasteiger partial charge is 0.0675 e. The van der Waals surface area contributed by atoms with Gasteiger partial charge in [-0.2, -0.15) is 0 Å². The predicted molar refractivity (Wildman–Crippen MR) is 48.5 cm³/mol. The zero-order chi connectivity index (χ0) is 8.69. The van der Waals surface area contributed by atoms with Crippen LogP contribution in [0, 0.1) is 0 Å². The van der Waals surface area contributed by atoms with Gasteiger partial charge in [-0.05, 0) is 38.8 Å². The lowest BCUT2D eigenvalue weighted by Gasteiger charge is -2.07. The first-order valence-electron chi connectivity index (χ1n) is 4.06. The average molecular weight is 157 g/mol. The van der Waals surface area contributed by atoms with Crippen LogP contribution in [0.25, 0.3) is 0 Å². The van der Waals surface area contributed by atoms with Crippen molar-refractivity contribution in [2.45, 2.75) is 26.7 Å². The molecule has 0 aromatic carbocycles. The van der Waals surface area contributed by atoms with Crippen molar-refractivity contribution in [3.05, 3.63) is 11.1 Å². The maximum Gasteiger partial charge on any atom is 0.0675 e. The lowest BCUT2D eigenvalue weighted by atomic mass is 10.1. The molecule has 0 spiro atoms. The Morgan fingerprint density at radius 1 is 1.36 bits per heavy atom. The van der Waals surface area contributed by atoms with Gasteiger partial charge < -0.3 is 10.5 Å². The Bertz CT molecular complexity index is 126. The molecule has 0 aliphatic carbocycles. The molecule has 0 heterocycles. The van der Waals surface area contributed by atoms with E-state index in [2.05, 4.69) is 13.8 Å². The number of allylic oxidation sites excluding steroid dienone is 1. The van der Waals surface area contributed by atoms with Gasteiger partial charge in [0.1, 0.15) is 0 Å². The van der Waals surface area contributed by atoms with Crippen LogP contribution < -0.4 is 5.73 Å². The van der Waals surface area contributed by atoms with Crippen LogP contribution in [0.15, 0.2) is 11.1 Å². The van der Waals surface area contributed by atoms with E-state index >= 15 is 0 Å². The molecule has 0 unspecified atom stereocenters. The summed E-state index contributed by atoms with van der Waals surface area (Å²) < 4.78 is 5.06. The molecule has 2 heteroatoms. The van der Waals surface area contributed by atoms with E-state index in [-0.39, 0.29) is 0 Å². The van der Waals surface area contributed by atoms with Crippen molar-refractivity contribution in [3.8, 4) is 0 Å². The maximum absolute atomic E-state index is 5.41. The molecule has 0 aromatic heterocycles. The van der Waals surface area contributed by atoms with Crippen LogP contribution in [-0.4, -0.2) is 20.3 Å². The molecule has 66 valence electrons. The molecule has 0 atom stereocenters. The lowest BCUT2D eigenvalue weighted by molar-refractivity contribution is 0.222. The highest BCUT2D eigenvalue weighted by Gasteiger charge is 1.97.